The molecule has 1 atom stereocenters. The molecule has 1 aliphatic heterocycles. The standard InChI is InChI=1S/C23H18ClNO4S/c1-2-29-17-11-9-16(10-12-17)25-20(18-4-3-13-30-18)19(22(27)23(25)28)21(26)14-5-7-15(24)8-6-14/h3-13,20,26H,2H2,1H3/b21-19-. The first-order valence-corrected chi connectivity index (χ1v) is 10.6. The average molecular weight is 440 g/mol. The van der Waals surface area contributed by atoms with E-state index in [4.69, 9.17) is 16.3 Å². The van der Waals surface area contributed by atoms with Crippen molar-refractivity contribution >= 4 is 46.1 Å². The van der Waals surface area contributed by atoms with Crippen LogP contribution >= 0.6 is 22.9 Å². The third kappa shape index (κ3) is 3.60. The number of hydrogen-bond donors (Lipinski definition) is 1. The molecule has 30 heavy (non-hydrogen) atoms. The molecule has 1 aromatic heterocycles. The summed E-state index contributed by atoms with van der Waals surface area (Å²) in [5.74, 6) is -0.966. The minimum Gasteiger partial charge on any atom is -0.507 e. The fraction of sp³-hybridized carbons (Fsp3) is 0.130. The van der Waals surface area contributed by atoms with Gasteiger partial charge in [-0.15, -0.1) is 11.3 Å². The Labute approximate surface area is 182 Å². The van der Waals surface area contributed by atoms with Gasteiger partial charge in [0.15, 0.2) is 0 Å². The van der Waals surface area contributed by atoms with Gasteiger partial charge in [0.05, 0.1) is 12.2 Å². The number of hydrogen-bond acceptors (Lipinski definition) is 5. The summed E-state index contributed by atoms with van der Waals surface area (Å²) < 4.78 is 5.47. The molecule has 0 radical (unpaired) electrons. The first-order chi connectivity index (χ1) is 14.5. The maximum absolute atomic E-state index is 13.0. The van der Waals surface area contributed by atoms with E-state index in [1.807, 2.05) is 24.4 Å². The zero-order chi connectivity index (χ0) is 21.3. The Balaban J connectivity index is 1.85. The summed E-state index contributed by atoms with van der Waals surface area (Å²) in [6.45, 7) is 2.42. The number of carbonyl (C=O) groups excluding carboxylic acids is 2. The lowest BCUT2D eigenvalue weighted by Gasteiger charge is -2.24. The molecule has 5 nitrogen and oxygen atoms in total. The highest BCUT2D eigenvalue weighted by atomic mass is 35.5. The lowest BCUT2D eigenvalue weighted by atomic mass is 10.00. The number of amides is 1. The number of Topliss-reactive ketones (excluding diaryl/α,β-unsaturated/α-hetero) is 1. The lowest BCUT2D eigenvalue weighted by Crippen LogP contribution is -2.29. The number of ether oxygens (including phenoxy) is 1. The second-order valence-corrected chi connectivity index (χ2v) is 8.03. The Morgan fingerprint density at radius 2 is 1.80 bits per heavy atom. The first kappa shape index (κ1) is 20.2. The third-order valence-corrected chi connectivity index (χ3v) is 5.98. The van der Waals surface area contributed by atoms with Crippen LogP contribution in [0.4, 0.5) is 5.69 Å². The highest BCUT2D eigenvalue weighted by Gasteiger charge is 2.47. The molecule has 1 fully saturated rings. The van der Waals surface area contributed by atoms with Crippen molar-refractivity contribution in [2.75, 3.05) is 11.5 Å². The van der Waals surface area contributed by atoms with Crippen LogP contribution in [-0.4, -0.2) is 23.4 Å². The van der Waals surface area contributed by atoms with E-state index in [-0.39, 0.29) is 11.3 Å². The number of aliphatic hydroxyl groups is 1. The second-order valence-electron chi connectivity index (χ2n) is 6.62. The van der Waals surface area contributed by atoms with E-state index >= 15 is 0 Å². The summed E-state index contributed by atoms with van der Waals surface area (Å²) in [5.41, 5.74) is 1.03. The number of thiophene rings is 1. The molecule has 0 bridgehead atoms. The van der Waals surface area contributed by atoms with Gasteiger partial charge < -0.3 is 9.84 Å². The van der Waals surface area contributed by atoms with Crippen LogP contribution in [0.15, 0.2) is 71.6 Å². The van der Waals surface area contributed by atoms with Crippen molar-refractivity contribution < 1.29 is 19.4 Å². The Morgan fingerprint density at radius 3 is 2.40 bits per heavy atom. The SMILES string of the molecule is CCOc1ccc(N2C(=O)C(=O)/C(=C(\O)c3ccc(Cl)cc3)C2c2cccs2)cc1. The smallest absolute Gasteiger partial charge is 0.300 e. The van der Waals surface area contributed by atoms with Crippen molar-refractivity contribution in [1.82, 2.24) is 0 Å². The number of benzene rings is 2. The maximum Gasteiger partial charge on any atom is 0.300 e. The predicted molar refractivity (Wildman–Crippen MR) is 118 cm³/mol. The monoisotopic (exact) mass is 439 g/mol. The minimum absolute atomic E-state index is 0.0543. The minimum atomic E-state index is -0.727. The maximum atomic E-state index is 13.0. The number of carbonyl (C=O) groups is 2. The summed E-state index contributed by atoms with van der Waals surface area (Å²) in [7, 11) is 0. The number of anilines is 1. The van der Waals surface area contributed by atoms with Crippen molar-refractivity contribution in [2.24, 2.45) is 0 Å². The van der Waals surface area contributed by atoms with Gasteiger partial charge in [0.1, 0.15) is 17.6 Å². The molecule has 1 unspecified atom stereocenters. The fourth-order valence-electron chi connectivity index (χ4n) is 3.45. The van der Waals surface area contributed by atoms with E-state index < -0.39 is 17.7 Å². The summed E-state index contributed by atoms with van der Waals surface area (Å²) in [6, 6.07) is 16.4. The van der Waals surface area contributed by atoms with E-state index in [0.29, 0.717) is 28.6 Å². The molecule has 7 heteroatoms. The fourth-order valence-corrected chi connectivity index (χ4v) is 4.40. The van der Waals surface area contributed by atoms with E-state index in [2.05, 4.69) is 0 Å². The molecular weight excluding hydrogens is 422 g/mol. The van der Waals surface area contributed by atoms with E-state index in [9.17, 15) is 14.7 Å². The summed E-state index contributed by atoms with van der Waals surface area (Å²) >= 11 is 7.36. The third-order valence-electron chi connectivity index (χ3n) is 4.80. The largest absolute Gasteiger partial charge is 0.507 e. The lowest BCUT2D eigenvalue weighted by molar-refractivity contribution is -0.132. The van der Waals surface area contributed by atoms with Crippen LogP contribution in [0, 0.1) is 0 Å². The van der Waals surface area contributed by atoms with Crippen molar-refractivity contribution in [1.29, 1.82) is 0 Å². The molecule has 2 aromatic carbocycles. The Morgan fingerprint density at radius 1 is 1.10 bits per heavy atom. The Bertz CT molecular complexity index is 1110. The molecule has 1 N–H and O–H groups in total. The first-order valence-electron chi connectivity index (χ1n) is 9.34. The number of nitrogens with zero attached hydrogens (tertiary/aromatic N) is 1. The van der Waals surface area contributed by atoms with Gasteiger partial charge >= 0.3 is 0 Å². The molecular formula is C23H18ClNO4S. The summed E-state index contributed by atoms with van der Waals surface area (Å²) in [5, 5.41) is 13.4. The van der Waals surface area contributed by atoms with E-state index in [1.165, 1.54) is 16.2 Å². The molecule has 1 amide bonds. The van der Waals surface area contributed by atoms with Crippen molar-refractivity contribution in [3.05, 3.63) is 87.1 Å². The van der Waals surface area contributed by atoms with Crippen LogP contribution < -0.4 is 9.64 Å². The van der Waals surface area contributed by atoms with Crippen molar-refractivity contribution in [2.45, 2.75) is 13.0 Å². The molecule has 0 aliphatic carbocycles. The zero-order valence-corrected chi connectivity index (χ0v) is 17.6. The van der Waals surface area contributed by atoms with Crippen LogP contribution in [0.1, 0.15) is 23.4 Å². The van der Waals surface area contributed by atoms with Crippen LogP contribution in [-0.2, 0) is 9.59 Å². The van der Waals surface area contributed by atoms with Gasteiger partial charge in [0, 0.05) is 21.2 Å². The number of halogens is 1. The molecule has 0 saturated carbocycles. The molecule has 4 rings (SSSR count). The van der Waals surface area contributed by atoms with E-state index in [1.54, 1.807) is 48.5 Å². The molecule has 0 spiro atoms. The molecule has 152 valence electrons. The molecule has 3 aromatic rings. The quantitative estimate of drug-likeness (QED) is 0.327. The number of rotatable bonds is 5. The summed E-state index contributed by atoms with van der Waals surface area (Å²) in [6.07, 6.45) is 0. The number of aliphatic hydroxyl groups excluding tert-OH is 1. The zero-order valence-electron chi connectivity index (χ0n) is 16.0. The van der Waals surface area contributed by atoms with Gasteiger partial charge in [0.25, 0.3) is 11.7 Å². The van der Waals surface area contributed by atoms with Crippen LogP contribution in [0.5, 0.6) is 5.75 Å². The number of ketones is 1. The highest BCUT2D eigenvalue weighted by molar-refractivity contribution is 7.10. The van der Waals surface area contributed by atoms with Gasteiger partial charge in [-0.05, 0) is 66.9 Å². The van der Waals surface area contributed by atoms with Crippen LogP contribution in [0.2, 0.25) is 5.02 Å². The van der Waals surface area contributed by atoms with Gasteiger partial charge in [-0.3, -0.25) is 14.5 Å². The van der Waals surface area contributed by atoms with Crippen molar-refractivity contribution in [3.63, 3.8) is 0 Å². The average Bonchev–Trinajstić information content (AvgIpc) is 3.36. The van der Waals surface area contributed by atoms with Gasteiger partial charge in [-0.2, -0.15) is 0 Å². The Kier molecular flexibility index (Phi) is 5.61. The molecule has 2 heterocycles. The summed E-state index contributed by atoms with van der Waals surface area (Å²) in [4.78, 5) is 28.2. The van der Waals surface area contributed by atoms with Gasteiger partial charge in [-0.1, -0.05) is 17.7 Å². The van der Waals surface area contributed by atoms with E-state index in [0.717, 1.165) is 4.88 Å². The highest BCUT2D eigenvalue weighted by Crippen LogP contribution is 2.43. The topological polar surface area (TPSA) is 66.8 Å². The predicted octanol–water partition coefficient (Wildman–Crippen LogP) is 5.43. The molecule has 1 saturated heterocycles. The van der Waals surface area contributed by atoms with Crippen LogP contribution in [0.3, 0.4) is 0 Å². The normalized spacial score (nSPS) is 18.1. The van der Waals surface area contributed by atoms with Crippen LogP contribution in [0.25, 0.3) is 5.76 Å². The molecule has 1 aliphatic rings. The Hall–Kier alpha value is -3.09. The second kappa shape index (κ2) is 8.34. The van der Waals surface area contributed by atoms with Gasteiger partial charge in [-0.25, -0.2) is 0 Å². The van der Waals surface area contributed by atoms with Crippen molar-refractivity contribution in [3.8, 4) is 5.75 Å². The van der Waals surface area contributed by atoms with Gasteiger partial charge in [0.2, 0.25) is 0 Å².